The third kappa shape index (κ3) is 2.77. The van der Waals surface area contributed by atoms with E-state index in [1.165, 1.54) is 6.07 Å². The molecule has 2 atom stereocenters. The van der Waals surface area contributed by atoms with Gasteiger partial charge in [0, 0.05) is 17.3 Å². The van der Waals surface area contributed by atoms with E-state index >= 15 is 0 Å². The molecule has 1 aromatic heterocycles. The number of hydrogen-bond donors (Lipinski definition) is 2. The third-order valence-corrected chi connectivity index (χ3v) is 4.13. The summed E-state index contributed by atoms with van der Waals surface area (Å²) in [6, 6.07) is 2.75. The van der Waals surface area contributed by atoms with Crippen LogP contribution in [0.1, 0.15) is 42.2 Å². The molecule has 1 fully saturated rings. The highest BCUT2D eigenvalue weighted by atomic mass is 35.5. The molecule has 1 heterocycles. The summed E-state index contributed by atoms with van der Waals surface area (Å²) in [6.07, 6.45) is 2.04. The van der Waals surface area contributed by atoms with Crippen molar-refractivity contribution in [3.8, 4) is 0 Å². The number of amides is 1. The van der Waals surface area contributed by atoms with E-state index in [9.17, 15) is 14.7 Å². The maximum Gasteiger partial charge on any atom is 0.311 e. The van der Waals surface area contributed by atoms with Crippen molar-refractivity contribution in [3.05, 3.63) is 28.5 Å². The first kappa shape index (κ1) is 14.8. The van der Waals surface area contributed by atoms with Gasteiger partial charge in [0.2, 0.25) is 0 Å². The predicted molar refractivity (Wildman–Crippen MR) is 74.8 cm³/mol. The summed E-state index contributed by atoms with van der Waals surface area (Å²) >= 11 is 5.83. The molecule has 2 N–H and O–H groups in total. The second kappa shape index (κ2) is 5.40. The fraction of sp³-hybridized carbons (Fsp3) is 0.500. The van der Waals surface area contributed by atoms with Crippen LogP contribution in [0, 0.1) is 12.3 Å². The summed E-state index contributed by atoms with van der Waals surface area (Å²) in [5.41, 5.74) is 0.152. The van der Waals surface area contributed by atoms with Crippen molar-refractivity contribution in [2.24, 2.45) is 5.41 Å². The zero-order valence-corrected chi connectivity index (χ0v) is 12.2. The number of aryl methyl sites for hydroxylation is 1. The van der Waals surface area contributed by atoms with Gasteiger partial charge < -0.3 is 10.4 Å². The van der Waals surface area contributed by atoms with Gasteiger partial charge in [-0.15, -0.1) is 0 Å². The molecule has 2 rings (SSSR count). The van der Waals surface area contributed by atoms with E-state index in [1.807, 2.05) is 0 Å². The van der Waals surface area contributed by atoms with Crippen molar-refractivity contribution < 1.29 is 14.7 Å². The van der Waals surface area contributed by atoms with Crippen molar-refractivity contribution in [2.75, 3.05) is 0 Å². The van der Waals surface area contributed by atoms with Gasteiger partial charge >= 0.3 is 5.97 Å². The summed E-state index contributed by atoms with van der Waals surface area (Å²) in [4.78, 5) is 27.6. The van der Waals surface area contributed by atoms with Gasteiger partial charge in [0.25, 0.3) is 5.91 Å². The van der Waals surface area contributed by atoms with Crippen LogP contribution in [-0.4, -0.2) is 28.0 Å². The lowest BCUT2D eigenvalue weighted by Crippen LogP contribution is -2.47. The molecule has 20 heavy (non-hydrogen) atoms. The van der Waals surface area contributed by atoms with Crippen LogP contribution in [0.2, 0.25) is 5.15 Å². The Morgan fingerprint density at radius 1 is 1.50 bits per heavy atom. The van der Waals surface area contributed by atoms with Crippen LogP contribution in [-0.2, 0) is 4.79 Å². The van der Waals surface area contributed by atoms with E-state index < -0.39 is 11.4 Å². The molecule has 6 heteroatoms. The van der Waals surface area contributed by atoms with Crippen LogP contribution >= 0.6 is 11.6 Å². The van der Waals surface area contributed by atoms with Crippen LogP contribution in [0.4, 0.5) is 0 Å². The average Bonchev–Trinajstić information content (AvgIpc) is 2.71. The Morgan fingerprint density at radius 3 is 2.80 bits per heavy atom. The van der Waals surface area contributed by atoms with Crippen molar-refractivity contribution in [3.63, 3.8) is 0 Å². The molecule has 1 aromatic rings. The number of aromatic nitrogens is 1. The highest BCUT2D eigenvalue weighted by molar-refractivity contribution is 6.29. The summed E-state index contributed by atoms with van der Waals surface area (Å²) in [5, 5.41) is 12.4. The quantitative estimate of drug-likeness (QED) is 0.840. The number of pyridine rings is 1. The molecule has 0 saturated heterocycles. The fourth-order valence-corrected chi connectivity index (χ4v) is 2.91. The number of hydrogen-bond acceptors (Lipinski definition) is 3. The molecular formula is C14H17ClN2O3. The molecule has 1 saturated carbocycles. The van der Waals surface area contributed by atoms with Gasteiger partial charge in [-0.3, -0.25) is 9.59 Å². The Balaban J connectivity index is 2.17. The van der Waals surface area contributed by atoms with Crippen LogP contribution in [0.3, 0.4) is 0 Å². The van der Waals surface area contributed by atoms with Crippen molar-refractivity contribution in [1.29, 1.82) is 0 Å². The van der Waals surface area contributed by atoms with E-state index in [2.05, 4.69) is 10.3 Å². The summed E-state index contributed by atoms with van der Waals surface area (Å²) in [7, 11) is 0. The van der Waals surface area contributed by atoms with Gasteiger partial charge in [-0.1, -0.05) is 18.0 Å². The van der Waals surface area contributed by atoms with Crippen LogP contribution in [0.15, 0.2) is 12.1 Å². The minimum absolute atomic E-state index is 0.252. The zero-order valence-electron chi connectivity index (χ0n) is 11.4. The maximum atomic E-state index is 12.2. The highest BCUT2D eigenvalue weighted by Crippen LogP contribution is 2.38. The number of rotatable bonds is 3. The first-order valence-electron chi connectivity index (χ1n) is 6.51. The molecule has 0 aliphatic heterocycles. The normalized spacial score (nSPS) is 25.4. The Labute approximate surface area is 122 Å². The molecule has 0 aromatic carbocycles. The van der Waals surface area contributed by atoms with Crippen molar-refractivity contribution in [1.82, 2.24) is 10.3 Å². The second-order valence-corrected chi connectivity index (χ2v) is 5.85. The van der Waals surface area contributed by atoms with E-state index in [0.717, 1.165) is 6.42 Å². The van der Waals surface area contributed by atoms with Gasteiger partial charge in [0.15, 0.2) is 0 Å². The lowest BCUT2D eigenvalue weighted by atomic mass is 9.85. The number of carboxylic acid groups (broad SMARTS) is 1. The first-order chi connectivity index (χ1) is 9.33. The summed E-state index contributed by atoms with van der Waals surface area (Å²) < 4.78 is 0. The third-order valence-electron chi connectivity index (χ3n) is 3.94. The smallest absolute Gasteiger partial charge is 0.311 e. The summed E-state index contributed by atoms with van der Waals surface area (Å²) in [6.45, 7) is 3.43. The van der Waals surface area contributed by atoms with Gasteiger partial charge in [0.1, 0.15) is 5.15 Å². The SMILES string of the molecule is Cc1cc(C(=O)NC2CCCC2(C)C(=O)O)cc(Cl)n1. The van der Waals surface area contributed by atoms with Gasteiger partial charge in [-0.2, -0.15) is 0 Å². The minimum Gasteiger partial charge on any atom is -0.481 e. The largest absolute Gasteiger partial charge is 0.481 e. The molecule has 2 unspecified atom stereocenters. The van der Waals surface area contributed by atoms with E-state index in [0.29, 0.717) is 24.1 Å². The van der Waals surface area contributed by atoms with Gasteiger partial charge in [-0.05, 0) is 38.8 Å². The molecule has 0 bridgehead atoms. The minimum atomic E-state index is -0.901. The Hall–Kier alpha value is -1.62. The number of carbonyl (C=O) groups is 2. The molecule has 1 aliphatic rings. The van der Waals surface area contributed by atoms with E-state index in [4.69, 9.17) is 11.6 Å². The van der Waals surface area contributed by atoms with Crippen LogP contribution < -0.4 is 5.32 Å². The first-order valence-corrected chi connectivity index (χ1v) is 6.89. The Bertz CT molecular complexity index is 541. The fourth-order valence-electron chi connectivity index (χ4n) is 2.65. The maximum absolute atomic E-state index is 12.2. The number of halogens is 1. The van der Waals surface area contributed by atoms with Crippen molar-refractivity contribution >= 4 is 23.5 Å². The predicted octanol–water partition coefficient (Wildman–Crippen LogP) is 2.42. The Kier molecular flexibility index (Phi) is 3.99. The van der Waals surface area contributed by atoms with Gasteiger partial charge in [0.05, 0.1) is 5.41 Å². The number of carboxylic acids is 1. The molecule has 1 aliphatic carbocycles. The van der Waals surface area contributed by atoms with Gasteiger partial charge in [-0.25, -0.2) is 4.98 Å². The molecule has 108 valence electrons. The lowest BCUT2D eigenvalue weighted by Gasteiger charge is -2.27. The summed E-state index contributed by atoms with van der Waals surface area (Å²) in [5.74, 6) is -1.18. The van der Waals surface area contributed by atoms with E-state index in [1.54, 1.807) is 19.9 Å². The standard InChI is InChI=1S/C14H17ClN2O3/c1-8-6-9(7-11(15)16-8)12(18)17-10-4-3-5-14(10,2)13(19)20/h6-7,10H,3-5H2,1-2H3,(H,17,18)(H,19,20). The molecule has 1 amide bonds. The Morgan fingerprint density at radius 2 is 2.20 bits per heavy atom. The molecule has 5 nitrogen and oxygen atoms in total. The van der Waals surface area contributed by atoms with Crippen LogP contribution in [0.25, 0.3) is 0 Å². The van der Waals surface area contributed by atoms with Crippen molar-refractivity contribution in [2.45, 2.75) is 39.2 Å². The van der Waals surface area contributed by atoms with Crippen LogP contribution in [0.5, 0.6) is 0 Å². The number of nitrogens with zero attached hydrogens (tertiary/aromatic N) is 1. The molecule has 0 radical (unpaired) electrons. The molecular weight excluding hydrogens is 280 g/mol. The number of nitrogens with one attached hydrogen (secondary N) is 1. The van der Waals surface area contributed by atoms with E-state index in [-0.39, 0.29) is 17.1 Å². The average molecular weight is 297 g/mol. The number of aliphatic carboxylic acids is 1. The topological polar surface area (TPSA) is 79.3 Å². The lowest BCUT2D eigenvalue weighted by molar-refractivity contribution is -0.148. The molecule has 0 spiro atoms. The second-order valence-electron chi connectivity index (χ2n) is 5.46. The monoisotopic (exact) mass is 296 g/mol. The number of carbonyl (C=O) groups excluding carboxylic acids is 1. The zero-order chi connectivity index (χ0) is 14.9. The highest BCUT2D eigenvalue weighted by Gasteiger charge is 2.45.